The predicted molar refractivity (Wildman–Crippen MR) is 127 cm³/mol. The monoisotopic (exact) mass is 488 g/mol. The number of benzene rings is 3. The SMILES string of the molecule is [B][C@H]1O[C@H](COC(=O)c2ccccc2)[C@@H](F)[C@H](OC(=O)c2ccccc2)[C@H]1OC(=O)c1ccccc1. The summed E-state index contributed by atoms with van der Waals surface area (Å²) in [6.07, 6.45) is -6.46. The summed E-state index contributed by atoms with van der Waals surface area (Å²) in [5.74, 6) is -2.31. The van der Waals surface area contributed by atoms with Gasteiger partial charge in [0, 0.05) is 0 Å². The van der Waals surface area contributed by atoms with Crippen LogP contribution in [0.25, 0.3) is 0 Å². The molecule has 1 fully saturated rings. The molecular formula is C27H22BFO7. The predicted octanol–water partition coefficient (Wildman–Crippen LogP) is 3.53. The number of carbonyl (C=O) groups excluding carboxylic acids is 3. The maximum absolute atomic E-state index is 15.7. The van der Waals surface area contributed by atoms with Gasteiger partial charge in [0.25, 0.3) is 0 Å². The van der Waals surface area contributed by atoms with E-state index in [1.54, 1.807) is 66.7 Å². The van der Waals surface area contributed by atoms with Gasteiger partial charge in [-0.05, 0) is 36.4 Å². The molecule has 1 saturated heterocycles. The van der Waals surface area contributed by atoms with Crippen LogP contribution in [-0.4, -0.2) is 62.8 Å². The Morgan fingerprint density at radius 3 is 1.58 bits per heavy atom. The molecule has 0 unspecified atom stereocenters. The first-order valence-electron chi connectivity index (χ1n) is 11.2. The second-order valence-electron chi connectivity index (χ2n) is 8.02. The van der Waals surface area contributed by atoms with Gasteiger partial charge in [0.2, 0.25) is 0 Å². The lowest BCUT2D eigenvalue weighted by atomic mass is 9.84. The molecule has 0 saturated carbocycles. The Bertz CT molecular complexity index is 1180. The van der Waals surface area contributed by atoms with E-state index in [0.717, 1.165) is 0 Å². The van der Waals surface area contributed by atoms with Gasteiger partial charge in [0.05, 0.1) is 22.7 Å². The van der Waals surface area contributed by atoms with Crippen molar-refractivity contribution in [2.24, 2.45) is 0 Å². The van der Waals surface area contributed by atoms with Gasteiger partial charge in [-0.25, -0.2) is 18.8 Å². The van der Waals surface area contributed by atoms with Crippen molar-refractivity contribution in [1.29, 1.82) is 0 Å². The minimum absolute atomic E-state index is 0.171. The Morgan fingerprint density at radius 1 is 0.694 bits per heavy atom. The normalized spacial score (nSPS) is 23.3. The summed E-state index contributed by atoms with van der Waals surface area (Å²) in [5.41, 5.74) is 0.645. The fraction of sp³-hybridized carbons (Fsp3) is 0.222. The molecule has 9 heteroatoms. The summed E-state index contributed by atoms with van der Waals surface area (Å²) in [5, 5.41) is 0. The molecule has 1 aliphatic heterocycles. The van der Waals surface area contributed by atoms with Gasteiger partial charge in [0.1, 0.15) is 20.6 Å². The summed E-state index contributed by atoms with van der Waals surface area (Å²) in [6.45, 7) is -0.499. The second kappa shape index (κ2) is 11.6. The zero-order valence-corrected chi connectivity index (χ0v) is 19.1. The number of rotatable bonds is 7. The van der Waals surface area contributed by atoms with Gasteiger partial charge in [-0.1, -0.05) is 54.6 Å². The molecule has 0 aliphatic carbocycles. The molecule has 0 N–H and O–H groups in total. The first-order chi connectivity index (χ1) is 17.4. The Hall–Kier alpha value is -3.98. The number of carbonyl (C=O) groups is 3. The Labute approximate surface area is 208 Å². The molecule has 0 spiro atoms. The third-order valence-corrected chi connectivity index (χ3v) is 5.54. The number of hydrogen-bond acceptors (Lipinski definition) is 7. The Balaban J connectivity index is 1.52. The van der Waals surface area contributed by atoms with Crippen LogP contribution in [0.2, 0.25) is 0 Å². The average molecular weight is 488 g/mol. The molecule has 1 aliphatic rings. The summed E-state index contributed by atoms with van der Waals surface area (Å²) in [6, 6.07) is 22.8. The van der Waals surface area contributed by atoms with Crippen LogP contribution in [0.3, 0.4) is 0 Å². The van der Waals surface area contributed by atoms with Crippen molar-refractivity contribution in [2.75, 3.05) is 6.61 Å². The van der Waals surface area contributed by atoms with E-state index in [4.69, 9.17) is 26.8 Å². The molecule has 0 aromatic heterocycles. The van der Waals surface area contributed by atoms with E-state index in [0.29, 0.717) is 0 Å². The highest BCUT2D eigenvalue weighted by Gasteiger charge is 2.49. The summed E-state index contributed by atoms with van der Waals surface area (Å²) in [4.78, 5) is 37.7. The highest BCUT2D eigenvalue weighted by Crippen LogP contribution is 2.29. The van der Waals surface area contributed by atoms with Crippen LogP contribution >= 0.6 is 0 Å². The first kappa shape index (κ1) is 25.1. The van der Waals surface area contributed by atoms with E-state index in [2.05, 4.69) is 0 Å². The average Bonchev–Trinajstić information content (AvgIpc) is 2.92. The lowest BCUT2D eigenvalue weighted by Gasteiger charge is -2.41. The third kappa shape index (κ3) is 5.98. The summed E-state index contributed by atoms with van der Waals surface area (Å²) in [7, 11) is 6.08. The van der Waals surface area contributed by atoms with E-state index >= 15 is 4.39 Å². The van der Waals surface area contributed by atoms with E-state index in [1.807, 2.05) is 0 Å². The zero-order chi connectivity index (χ0) is 25.5. The van der Waals surface area contributed by atoms with Crippen molar-refractivity contribution in [2.45, 2.75) is 30.5 Å². The molecule has 182 valence electrons. The zero-order valence-electron chi connectivity index (χ0n) is 19.1. The lowest BCUT2D eigenvalue weighted by molar-refractivity contribution is -0.190. The maximum Gasteiger partial charge on any atom is 0.338 e. The molecule has 5 atom stereocenters. The van der Waals surface area contributed by atoms with E-state index in [1.165, 1.54) is 24.3 Å². The van der Waals surface area contributed by atoms with Crippen molar-refractivity contribution in [3.05, 3.63) is 108 Å². The van der Waals surface area contributed by atoms with Crippen LogP contribution in [0.5, 0.6) is 0 Å². The lowest BCUT2D eigenvalue weighted by Crippen LogP contribution is -2.60. The van der Waals surface area contributed by atoms with Crippen molar-refractivity contribution in [3.63, 3.8) is 0 Å². The number of alkyl halides is 1. The van der Waals surface area contributed by atoms with Gasteiger partial charge >= 0.3 is 17.9 Å². The molecule has 3 aromatic carbocycles. The van der Waals surface area contributed by atoms with Crippen LogP contribution in [0, 0.1) is 0 Å². The van der Waals surface area contributed by atoms with E-state index in [-0.39, 0.29) is 16.7 Å². The molecule has 1 heterocycles. The van der Waals surface area contributed by atoms with Crippen LogP contribution in [-0.2, 0) is 18.9 Å². The highest BCUT2D eigenvalue weighted by molar-refractivity contribution is 6.11. The van der Waals surface area contributed by atoms with Gasteiger partial charge in [-0.3, -0.25) is 0 Å². The van der Waals surface area contributed by atoms with Gasteiger partial charge in [-0.2, -0.15) is 0 Å². The fourth-order valence-electron chi connectivity index (χ4n) is 3.68. The molecule has 7 nitrogen and oxygen atoms in total. The maximum atomic E-state index is 15.7. The van der Waals surface area contributed by atoms with Crippen LogP contribution in [0.15, 0.2) is 91.0 Å². The van der Waals surface area contributed by atoms with E-state index < -0.39 is 55.0 Å². The molecule has 0 amide bonds. The quantitative estimate of drug-likeness (QED) is 0.286. The van der Waals surface area contributed by atoms with Crippen LogP contribution < -0.4 is 0 Å². The Kier molecular flexibility index (Phi) is 8.12. The standard InChI is InChI=1S/C27H22BFO7/c28-24-23(36-27(32)19-14-8-3-9-15-19)22(35-26(31)18-12-6-2-7-13-18)21(29)20(34-24)16-33-25(30)17-10-4-1-5-11-17/h1-15,20-24H,16H2/t20-,21-,22+,23-,24+/m1/s1. The fourth-order valence-corrected chi connectivity index (χ4v) is 3.68. The number of esters is 3. The first-order valence-corrected chi connectivity index (χ1v) is 11.2. The van der Waals surface area contributed by atoms with Crippen molar-refractivity contribution in [3.8, 4) is 0 Å². The topological polar surface area (TPSA) is 88.1 Å². The molecule has 4 rings (SSSR count). The minimum atomic E-state index is -2.02. The second-order valence-corrected chi connectivity index (χ2v) is 8.02. The smallest absolute Gasteiger partial charge is 0.338 e. The van der Waals surface area contributed by atoms with Gasteiger partial charge < -0.3 is 18.9 Å². The Morgan fingerprint density at radius 2 is 1.11 bits per heavy atom. The van der Waals surface area contributed by atoms with Crippen molar-refractivity contribution >= 4 is 25.8 Å². The third-order valence-electron chi connectivity index (χ3n) is 5.54. The molecular weight excluding hydrogens is 466 g/mol. The van der Waals surface area contributed by atoms with Crippen molar-refractivity contribution in [1.82, 2.24) is 0 Å². The van der Waals surface area contributed by atoms with Crippen molar-refractivity contribution < 1.29 is 37.7 Å². The van der Waals surface area contributed by atoms with E-state index in [9.17, 15) is 14.4 Å². The molecule has 3 aromatic rings. The molecule has 2 radical (unpaired) electrons. The van der Waals surface area contributed by atoms with Gasteiger partial charge in [-0.15, -0.1) is 0 Å². The largest absolute Gasteiger partial charge is 0.459 e. The number of ether oxygens (including phenoxy) is 4. The molecule has 36 heavy (non-hydrogen) atoms. The molecule has 0 bridgehead atoms. The van der Waals surface area contributed by atoms with Crippen LogP contribution in [0.4, 0.5) is 4.39 Å². The van der Waals surface area contributed by atoms with Crippen LogP contribution in [0.1, 0.15) is 31.1 Å². The minimum Gasteiger partial charge on any atom is -0.459 e. The summed E-state index contributed by atoms with van der Waals surface area (Å²) < 4.78 is 37.3. The number of halogens is 1. The highest BCUT2D eigenvalue weighted by atomic mass is 19.1. The summed E-state index contributed by atoms with van der Waals surface area (Å²) >= 11 is 0. The van der Waals surface area contributed by atoms with Gasteiger partial charge in [0.15, 0.2) is 18.4 Å². The number of hydrogen-bond donors (Lipinski definition) is 0.